The number of thiocarbonyl (C=S) groups is 1. The standard InChI is InChI=1S/C13H12FN3S/c1-9-6-7-15-12(8-9)17-13(18)16-11-5-3-2-4-10(11)14/h2-8H,1H3,(H2,15,16,17,18). The molecule has 0 fully saturated rings. The fraction of sp³-hybridized carbons (Fsp3) is 0.0769. The van der Waals surface area contributed by atoms with E-state index < -0.39 is 0 Å². The highest BCUT2D eigenvalue weighted by atomic mass is 32.1. The van der Waals surface area contributed by atoms with Crippen molar-refractivity contribution in [1.82, 2.24) is 4.98 Å². The number of nitrogens with zero attached hydrogens (tertiary/aromatic N) is 1. The molecule has 1 aromatic heterocycles. The van der Waals surface area contributed by atoms with Crippen molar-refractivity contribution in [1.29, 1.82) is 0 Å². The summed E-state index contributed by atoms with van der Waals surface area (Å²) in [5, 5.41) is 5.99. The van der Waals surface area contributed by atoms with Crippen LogP contribution < -0.4 is 10.6 Å². The second-order valence-electron chi connectivity index (χ2n) is 3.78. The molecule has 92 valence electrons. The molecule has 0 amide bonds. The van der Waals surface area contributed by atoms with Crippen LogP contribution >= 0.6 is 12.2 Å². The van der Waals surface area contributed by atoms with Crippen molar-refractivity contribution in [3.05, 3.63) is 54.0 Å². The molecule has 2 N–H and O–H groups in total. The molecule has 0 spiro atoms. The van der Waals surface area contributed by atoms with Crippen molar-refractivity contribution in [3.63, 3.8) is 0 Å². The molecule has 0 bridgehead atoms. The number of halogens is 1. The van der Waals surface area contributed by atoms with Gasteiger partial charge in [-0.25, -0.2) is 9.37 Å². The Morgan fingerprint density at radius 1 is 1.22 bits per heavy atom. The first-order valence-corrected chi connectivity index (χ1v) is 5.81. The van der Waals surface area contributed by atoms with E-state index in [1.54, 1.807) is 24.4 Å². The van der Waals surface area contributed by atoms with Gasteiger partial charge in [-0.3, -0.25) is 0 Å². The number of anilines is 2. The molecule has 0 saturated carbocycles. The minimum absolute atomic E-state index is 0.304. The Bertz CT molecular complexity index is 572. The first kappa shape index (κ1) is 12.4. The highest BCUT2D eigenvalue weighted by Gasteiger charge is 2.03. The lowest BCUT2D eigenvalue weighted by Gasteiger charge is -2.10. The normalized spacial score (nSPS) is 9.89. The molecule has 18 heavy (non-hydrogen) atoms. The van der Waals surface area contributed by atoms with Crippen LogP contribution in [0.5, 0.6) is 0 Å². The molecule has 0 unspecified atom stereocenters. The summed E-state index contributed by atoms with van der Waals surface area (Å²) >= 11 is 5.09. The first-order valence-electron chi connectivity index (χ1n) is 5.40. The van der Waals surface area contributed by atoms with Crippen molar-refractivity contribution < 1.29 is 4.39 Å². The van der Waals surface area contributed by atoms with Crippen LogP contribution in [0.2, 0.25) is 0 Å². The fourth-order valence-corrected chi connectivity index (χ4v) is 1.65. The van der Waals surface area contributed by atoms with Crippen LogP contribution in [0, 0.1) is 12.7 Å². The van der Waals surface area contributed by atoms with Crippen LogP contribution in [0.15, 0.2) is 42.6 Å². The van der Waals surface area contributed by atoms with Crippen molar-refractivity contribution >= 4 is 28.8 Å². The highest BCUT2D eigenvalue weighted by molar-refractivity contribution is 7.80. The van der Waals surface area contributed by atoms with Gasteiger partial charge in [0.25, 0.3) is 0 Å². The van der Waals surface area contributed by atoms with Crippen LogP contribution in [0.1, 0.15) is 5.56 Å². The second kappa shape index (κ2) is 5.55. The number of hydrogen-bond donors (Lipinski definition) is 2. The summed E-state index contributed by atoms with van der Waals surface area (Å²) < 4.78 is 13.4. The van der Waals surface area contributed by atoms with Gasteiger partial charge in [-0.2, -0.15) is 0 Å². The Labute approximate surface area is 110 Å². The summed E-state index contributed by atoms with van der Waals surface area (Å²) in [6, 6.07) is 10.1. The predicted octanol–water partition coefficient (Wildman–Crippen LogP) is 3.34. The average Bonchev–Trinajstić information content (AvgIpc) is 2.32. The molecule has 0 aliphatic heterocycles. The Morgan fingerprint density at radius 2 is 2.00 bits per heavy atom. The minimum atomic E-state index is -0.348. The molecule has 0 saturated heterocycles. The Hall–Kier alpha value is -2.01. The summed E-state index contributed by atoms with van der Waals surface area (Å²) in [6.07, 6.45) is 1.68. The zero-order valence-electron chi connectivity index (χ0n) is 9.77. The minimum Gasteiger partial charge on any atom is -0.330 e. The smallest absolute Gasteiger partial charge is 0.176 e. The van der Waals surface area contributed by atoms with Gasteiger partial charge in [-0.15, -0.1) is 0 Å². The highest BCUT2D eigenvalue weighted by Crippen LogP contribution is 2.13. The van der Waals surface area contributed by atoms with Gasteiger partial charge in [0, 0.05) is 6.20 Å². The van der Waals surface area contributed by atoms with Crippen LogP contribution in [-0.4, -0.2) is 10.1 Å². The van der Waals surface area contributed by atoms with Gasteiger partial charge in [0.1, 0.15) is 11.6 Å². The monoisotopic (exact) mass is 261 g/mol. The number of nitrogens with one attached hydrogen (secondary N) is 2. The number of aromatic nitrogens is 1. The largest absolute Gasteiger partial charge is 0.330 e. The maximum absolute atomic E-state index is 13.4. The summed E-state index contributed by atoms with van der Waals surface area (Å²) in [6.45, 7) is 1.96. The second-order valence-corrected chi connectivity index (χ2v) is 4.19. The zero-order chi connectivity index (χ0) is 13.0. The van der Waals surface area contributed by atoms with E-state index >= 15 is 0 Å². The first-order chi connectivity index (χ1) is 8.65. The maximum atomic E-state index is 13.4. The quantitative estimate of drug-likeness (QED) is 0.813. The Kier molecular flexibility index (Phi) is 3.84. The number of hydrogen-bond acceptors (Lipinski definition) is 2. The van der Waals surface area contributed by atoms with E-state index in [4.69, 9.17) is 12.2 Å². The summed E-state index contributed by atoms with van der Waals surface area (Å²) in [4.78, 5) is 4.11. The number of aryl methyl sites for hydroxylation is 1. The van der Waals surface area contributed by atoms with Crippen LogP contribution in [0.4, 0.5) is 15.9 Å². The molecule has 0 atom stereocenters. The SMILES string of the molecule is Cc1ccnc(NC(=S)Nc2ccccc2F)c1. The van der Waals surface area contributed by atoms with Gasteiger partial charge in [0.2, 0.25) is 0 Å². The van der Waals surface area contributed by atoms with Crippen molar-refractivity contribution in [2.45, 2.75) is 6.92 Å². The van der Waals surface area contributed by atoms with Gasteiger partial charge in [-0.05, 0) is 49.0 Å². The number of benzene rings is 1. The van der Waals surface area contributed by atoms with Crippen LogP contribution in [0.3, 0.4) is 0 Å². The van der Waals surface area contributed by atoms with Crippen molar-refractivity contribution in [2.24, 2.45) is 0 Å². The molecule has 1 aromatic carbocycles. The lowest BCUT2D eigenvalue weighted by molar-refractivity contribution is 0.632. The van der Waals surface area contributed by atoms with Gasteiger partial charge >= 0.3 is 0 Å². The third-order valence-corrected chi connectivity index (χ3v) is 2.48. The zero-order valence-corrected chi connectivity index (χ0v) is 10.6. The Morgan fingerprint density at radius 3 is 2.72 bits per heavy atom. The molecule has 0 aliphatic carbocycles. The fourth-order valence-electron chi connectivity index (χ4n) is 1.44. The summed E-state index contributed by atoms with van der Waals surface area (Å²) in [5.41, 5.74) is 1.41. The van der Waals surface area contributed by atoms with E-state index in [-0.39, 0.29) is 5.82 Å². The van der Waals surface area contributed by atoms with E-state index in [9.17, 15) is 4.39 Å². The molecule has 0 aliphatic rings. The third kappa shape index (κ3) is 3.24. The summed E-state index contributed by atoms with van der Waals surface area (Å²) in [5.74, 6) is 0.280. The topological polar surface area (TPSA) is 37.0 Å². The maximum Gasteiger partial charge on any atom is 0.176 e. The Balaban J connectivity index is 2.03. The predicted molar refractivity (Wildman–Crippen MR) is 75.2 cm³/mol. The van der Waals surface area contributed by atoms with E-state index in [0.29, 0.717) is 16.6 Å². The van der Waals surface area contributed by atoms with E-state index in [1.165, 1.54) is 6.07 Å². The molecular formula is C13H12FN3S. The van der Waals surface area contributed by atoms with E-state index in [1.807, 2.05) is 19.1 Å². The number of para-hydroxylation sites is 1. The lowest BCUT2D eigenvalue weighted by atomic mass is 10.3. The number of rotatable bonds is 2. The van der Waals surface area contributed by atoms with Gasteiger partial charge in [-0.1, -0.05) is 12.1 Å². The van der Waals surface area contributed by atoms with Gasteiger partial charge in [0.15, 0.2) is 5.11 Å². The number of pyridine rings is 1. The third-order valence-electron chi connectivity index (χ3n) is 2.28. The molecule has 5 heteroatoms. The van der Waals surface area contributed by atoms with Gasteiger partial charge < -0.3 is 10.6 Å². The summed E-state index contributed by atoms with van der Waals surface area (Å²) in [7, 11) is 0. The molecule has 2 rings (SSSR count). The van der Waals surface area contributed by atoms with E-state index in [2.05, 4.69) is 15.6 Å². The van der Waals surface area contributed by atoms with Crippen LogP contribution in [-0.2, 0) is 0 Å². The lowest BCUT2D eigenvalue weighted by Crippen LogP contribution is -2.20. The van der Waals surface area contributed by atoms with Crippen molar-refractivity contribution in [2.75, 3.05) is 10.6 Å². The van der Waals surface area contributed by atoms with E-state index in [0.717, 1.165) is 5.56 Å². The van der Waals surface area contributed by atoms with Crippen LogP contribution in [0.25, 0.3) is 0 Å². The van der Waals surface area contributed by atoms with Crippen molar-refractivity contribution in [3.8, 4) is 0 Å². The molecular weight excluding hydrogens is 249 g/mol. The molecule has 3 nitrogen and oxygen atoms in total. The molecule has 2 aromatic rings. The molecule has 0 radical (unpaired) electrons. The average molecular weight is 261 g/mol. The molecule has 1 heterocycles. The van der Waals surface area contributed by atoms with Gasteiger partial charge in [0.05, 0.1) is 5.69 Å².